The van der Waals surface area contributed by atoms with Gasteiger partial charge in [0.05, 0.1) is 6.54 Å². The number of benzene rings is 2. The molecular formula is C21H24ClFN5O+. The van der Waals surface area contributed by atoms with Gasteiger partial charge < -0.3 is 9.64 Å². The Hall–Kier alpha value is -2.35. The first-order chi connectivity index (χ1) is 14.2. The van der Waals surface area contributed by atoms with E-state index in [0.717, 1.165) is 48.9 Å². The maximum atomic E-state index is 13.2. The van der Waals surface area contributed by atoms with Gasteiger partial charge in [0.15, 0.2) is 0 Å². The van der Waals surface area contributed by atoms with Crippen LogP contribution in [-0.2, 0) is 24.4 Å². The third-order valence-electron chi connectivity index (χ3n) is 5.17. The van der Waals surface area contributed by atoms with Crippen molar-refractivity contribution in [3.05, 3.63) is 76.3 Å². The number of nitrogens with zero attached hydrogens (tertiary/aromatic N) is 4. The van der Waals surface area contributed by atoms with E-state index in [9.17, 15) is 4.39 Å². The summed E-state index contributed by atoms with van der Waals surface area (Å²) in [5, 5.41) is 13.0. The average Bonchev–Trinajstić information content (AvgIpc) is 3.38. The molecule has 1 saturated heterocycles. The molecule has 0 saturated carbocycles. The third kappa shape index (κ3) is 5.59. The lowest BCUT2D eigenvalue weighted by atomic mass is 10.2. The van der Waals surface area contributed by atoms with E-state index in [1.165, 1.54) is 22.6 Å². The molecule has 1 fully saturated rings. The first kappa shape index (κ1) is 19.9. The minimum absolute atomic E-state index is 0.249. The monoisotopic (exact) mass is 416 g/mol. The van der Waals surface area contributed by atoms with Gasteiger partial charge in [-0.3, -0.25) is 0 Å². The average molecular weight is 417 g/mol. The van der Waals surface area contributed by atoms with E-state index in [0.29, 0.717) is 13.1 Å². The molecule has 1 unspecified atom stereocenters. The topological polar surface area (TPSA) is 57.3 Å². The molecule has 0 aliphatic carbocycles. The number of aromatic nitrogens is 4. The van der Waals surface area contributed by atoms with Crippen LogP contribution in [0.15, 0.2) is 48.5 Å². The Balaban J connectivity index is 1.48. The highest BCUT2D eigenvalue weighted by molar-refractivity contribution is 6.30. The lowest BCUT2D eigenvalue weighted by Gasteiger charge is -2.22. The third-order valence-corrected chi connectivity index (χ3v) is 5.42. The molecule has 152 valence electrons. The standard InChI is InChI=1S/C21H23ClFN5O/c22-18-7-3-16(4-8-18)12-27(14-20-2-1-11-29-20)15-21-24-25-26-28(21)13-17-5-9-19(23)10-6-17/h3-10,20H,1-2,11-15H2/p+1/t20-/m0/s1. The van der Waals surface area contributed by atoms with Gasteiger partial charge in [-0.1, -0.05) is 35.9 Å². The van der Waals surface area contributed by atoms with Crippen LogP contribution in [0.2, 0.25) is 5.02 Å². The van der Waals surface area contributed by atoms with Gasteiger partial charge in [-0.05, 0) is 53.1 Å². The van der Waals surface area contributed by atoms with Gasteiger partial charge >= 0.3 is 0 Å². The number of nitrogens with one attached hydrogen (secondary N) is 1. The summed E-state index contributed by atoms with van der Waals surface area (Å²) in [6, 6.07) is 14.4. The zero-order valence-electron chi connectivity index (χ0n) is 16.1. The van der Waals surface area contributed by atoms with E-state index in [4.69, 9.17) is 16.3 Å². The molecule has 6 nitrogen and oxygen atoms in total. The Labute approximate surface area is 174 Å². The molecule has 0 radical (unpaired) electrons. The van der Waals surface area contributed by atoms with E-state index in [-0.39, 0.29) is 11.9 Å². The second-order valence-corrected chi connectivity index (χ2v) is 7.88. The van der Waals surface area contributed by atoms with Crippen molar-refractivity contribution < 1.29 is 14.0 Å². The highest BCUT2D eigenvalue weighted by Crippen LogP contribution is 2.11. The Morgan fingerprint density at radius 1 is 1.07 bits per heavy atom. The first-order valence-electron chi connectivity index (χ1n) is 9.85. The number of hydrogen-bond acceptors (Lipinski definition) is 4. The van der Waals surface area contributed by atoms with Crippen LogP contribution in [0.5, 0.6) is 0 Å². The molecule has 4 rings (SSSR count). The fraction of sp³-hybridized carbons (Fsp3) is 0.381. The summed E-state index contributed by atoms with van der Waals surface area (Å²) in [6.07, 6.45) is 2.46. The number of halogens is 2. The molecule has 1 aromatic heterocycles. The van der Waals surface area contributed by atoms with Crippen molar-refractivity contribution in [1.29, 1.82) is 0 Å². The molecule has 1 aliphatic rings. The van der Waals surface area contributed by atoms with E-state index < -0.39 is 0 Å². The quantitative estimate of drug-likeness (QED) is 0.612. The largest absolute Gasteiger partial charge is 0.372 e. The maximum Gasteiger partial charge on any atom is 0.206 e. The highest BCUT2D eigenvalue weighted by Gasteiger charge is 2.24. The predicted molar refractivity (Wildman–Crippen MR) is 107 cm³/mol. The van der Waals surface area contributed by atoms with Crippen molar-refractivity contribution in [1.82, 2.24) is 20.2 Å². The lowest BCUT2D eigenvalue weighted by molar-refractivity contribution is -0.931. The minimum atomic E-state index is -0.249. The van der Waals surface area contributed by atoms with Crippen LogP contribution in [0.3, 0.4) is 0 Å². The molecule has 2 heterocycles. The van der Waals surface area contributed by atoms with Gasteiger partial charge in [-0.25, -0.2) is 9.07 Å². The minimum Gasteiger partial charge on any atom is -0.372 e. The summed E-state index contributed by atoms with van der Waals surface area (Å²) < 4.78 is 20.8. The van der Waals surface area contributed by atoms with E-state index in [1.54, 1.807) is 16.8 Å². The van der Waals surface area contributed by atoms with Gasteiger partial charge in [0, 0.05) is 17.2 Å². The number of rotatable bonds is 8. The molecule has 29 heavy (non-hydrogen) atoms. The molecule has 2 aromatic carbocycles. The van der Waals surface area contributed by atoms with Gasteiger partial charge in [0.2, 0.25) is 5.82 Å². The molecule has 0 amide bonds. The van der Waals surface area contributed by atoms with Crippen molar-refractivity contribution in [2.75, 3.05) is 13.2 Å². The summed E-state index contributed by atoms with van der Waals surface area (Å²) >= 11 is 6.03. The van der Waals surface area contributed by atoms with Gasteiger partial charge in [-0.15, -0.1) is 5.10 Å². The summed E-state index contributed by atoms with van der Waals surface area (Å²) in [5.41, 5.74) is 2.17. The van der Waals surface area contributed by atoms with Gasteiger partial charge in [0.25, 0.3) is 0 Å². The van der Waals surface area contributed by atoms with Crippen LogP contribution in [0.25, 0.3) is 0 Å². The van der Waals surface area contributed by atoms with Crippen LogP contribution in [-0.4, -0.2) is 39.5 Å². The molecule has 0 bridgehead atoms. The SMILES string of the molecule is Fc1ccc(Cn2nnnc2C[NH+](Cc2ccc(Cl)cc2)C[C@@H]2CCCO2)cc1. The van der Waals surface area contributed by atoms with Crippen molar-refractivity contribution in [3.8, 4) is 0 Å². The number of quaternary nitrogens is 1. The predicted octanol–water partition coefficient (Wildman–Crippen LogP) is 2.28. The van der Waals surface area contributed by atoms with Crippen LogP contribution < -0.4 is 4.90 Å². The van der Waals surface area contributed by atoms with Crippen molar-refractivity contribution in [2.24, 2.45) is 0 Å². The van der Waals surface area contributed by atoms with Crippen LogP contribution in [0, 0.1) is 5.82 Å². The van der Waals surface area contributed by atoms with Crippen molar-refractivity contribution in [2.45, 2.75) is 38.6 Å². The molecule has 0 spiro atoms. The number of ether oxygens (including phenoxy) is 1. The van der Waals surface area contributed by atoms with Crippen molar-refractivity contribution >= 4 is 11.6 Å². The summed E-state index contributed by atoms with van der Waals surface area (Å²) in [5.74, 6) is 0.553. The molecule has 1 N–H and O–H groups in total. The Bertz CT molecular complexity index is 910. The van der Waals surface area contributed by atoms with Gasteiger partial charge in [-0.2, -0.15) is 0 Å². The summed E-state index contributed by atoms with van der Waals surface area (Å²) in [4.78, 5) is 1.33. The summed E-state index contributed by atoms with van der Waals surface area (Å²) in [7, 11) is 0. The molecular weight excluding hydrogens is 393 g/mol. The summed E-state index contributed by atoms with van der Waals surface area (Å²) in [6.45, 7) is 3.75. The molecule has 1 aliphatic heterocycles. The second-order valence-electron chi connectivity index (χ2n) is 7.45. The van der Waals surface area contributed by atoms with E-state index in [2.05, 4.69) is 27.7 Å². The maximum absolute atomic E-state index is 13.2. The normalized spacial score (nSPS) is 17.5. The zero-order chi connectivity index (χ0) is 20.1. The second kappa shape index (κ2) is 9.43. The van der Waals surface area contributed by atoms with Crippen LogP contribution >= 0.6 is 11.6 Å². The Kier molecular flexibility index (Phi) is 6.49. The molecule has 2 atom stereocenters. The van der Waals surface area contributed by atoms with Crippen molar-refractivity contribution in [3.63, 3.8) is 0 Å². The zero-order valence-corrected chi connectivity index (χ0v) is 16.9. The Morgan fingerprint density at radius 3 is 2.55 bits per heavy atom. The van der Waals surface area contributed by atoms with E-state index >= 15 is 0 Å². The van der Waals surface area contributed by atoms with Gasteiger partial charge in [0.1, 0.15) is 31.6 Å². The Morgan fingerprint density at radius 2 is 1.83 bits per heavy atom. The smallest absolute Gasteiger partial charge is 0.206 e. The fourth-order valence-electron chi connectivity index (χ4n) is 3.68. The van der Waals surface area contributed by atoms with Crippen LogP contribution in [0.1, 0.15) is 29.8 Å². The van der Waals surface area contributed by atoms with Crippen LogP contribution in [0.4, 0.5) is 4.39 Å². The fourth-order valence-corrected chi connectivity index (χ4v) is 3.81. The highest BCUT2D eigenvalue weighted by atomic mass is 35.5. The first-order valence-corrected chi connectivity index (χ1v) is 10.2. The number of tetrazole rings is 1. The molecule has 3 aromatic rings. The number of hydrogen-bond donors (Lipinski definition) is 1. The lowest BCUT2D eigenvalue weighted by Crippen LogP contribution is -3.10. The van der Waals surface area contributed by atoms with E-state index in [1.807, 2.05) is 12.1 Å². The molecule has 8 heteroatoms.